The number of carbonyl (C=O) groups is 1. The average Bonchev–Trinajstić information content (AvgIpc) is 2.25. The van der Waals surface area contributed by atoms with Gasteiger partial charge in [-0.25, -0.2) is 0 Å². The Morgan fingerprint density at radius 1 is 1.33 bits per heavy atom. The first-order valence-electron chi connectivity index (χ1n) is 6.38. The number of alkyl halides is 3. The number of halogens is 3. The van der Waals surface area contributed by atoms with E-state index < -0.39 is 12.1 Å². The number of nitrogens with one attached hydrogen (secondary N) is 2. The fraction of sp³-hybridized carbons (Fsp3) is 0.917. The molecule has 106 valence electrons. The van der Waals surface area contributed by atoms with E-state index in [1.807, 2.05) is 13.8 Å². The first kappa shape index (κ1) is 15.3. The Morgan fingerprint density at radius 3 is 2.56 bits per heavy atom. The largest absolute Gasteiger partial charge is 0.391 e. The lowest BCUT2D eigenvalue weighted by Gasteiger charge is -2.31. The molecule has 0 spiro atoms. The molecule has 0 aliphatic heterocycles. The van der Waals surface area contributed by atoms with Crippen LogP contribution in [-0.2, 0) is 4.79 Å². The molecule has 0 aromatic rings. The van der Waals surface area contributed by atoms with Crippen LogP contribution in [0, 0.1) is 5.92 Å². The molecule has 2 N–H and O–H groups in total. The van der Waals surface area contributed by atoms with E-state index in [1.54, 1.807) is 0 Å². The van der Waals surface area contributed by atoms with Crippen molar-refractivity contribution in [1.29, 1.82) is 0 Å². The lowest BCUT2D eigenvalue weighted by molar-refractivity contribution is -0.183. The van der Waals surface area contributed by atoms with Crippen molar-refractivity contribution in [2.24, 2.45) is 5.92 Å². The molecule has 6 heteroatoms. The molecule has 0 aromatic carbocycles. The smallest absolute Gasteiger partial charge is 0.353 e. The molecule has 1 aliphatic rings. The van der Waals surface area contributed by atoms with Crippen LogP contribution in [0.25, 0.3) is 0 Å². The van der Waals surface area contributed by atoms with E-state index in [0.717, 1.165) is 0 Å². The lowest BCUT2D eigenvalue weighted by Crippen LogP contribution is -2.44. The molecule has 0 saturated heterocycles. The molecule has 2 unspecified atom stereocenters. The van der Waals surface area contributed by atoms with Crippen molar-refractivity contribution in [2.45, 2.75) is 57.8 Å². The Labute approximate surface area is 106 Å². The maximum absolute atomic E-state index is 12.6. The lowest BCUT2D eigenvalue weighted by atomic mass is 9.85. The van der Waals surface area contributed by atoms with Crippen LogP contribution in [0.15, 0.2) is 0 Å². The zero-order chi connectivity index (χ0) is 13.8. The Kier molecular flexibility index (Phi) is 5.44. The van der Waals surface area contributed by atoms with E-state index in [2.05, 4.69) is 10.6 Å². The van der Waals surface area contributed by atoms with Gasteiger partial charge < -0.3 is 10.6 Å². The minimum Gasteiger partial charge on any atom is -0.353 e. The second kappa shape index (κ2) is 6.41. The molecule has 18 heavy (non-hydrogen) atoms. The third-order valence-corrected chi connectivity index (χ3v) is 3.14. The molecule has 0 heterocycles. The van der Waals surface area contributed by atoms with Gasteiger partial charge in [-0.05, 0) is 33.1 Å². The molecular formula is C12H21F3N2O. The standard InChI is InChI=1S/C12H21F3N2O/c1-8(2)17-11(18)7-16-10-5-3-4-9(6-10)12(13,14)15/h8-10,16H,3-7H2,1-2H3,(H,17,18). The van der Waals surface area contributed by atoms with Gasteiger partial charge in [0.2, 0.25) is 5.91 Å². The first-order valence-corrected chi connectivity index (χ1v) is 6.38. The van der Waals surface area contributed by atoms with Gasteiger partial charge in [-0.3, -0.25) is 4.79 Å². The van der Waals surface area contributed by atoms with Gasteiger partial charge >= 0.3 is 6.18 Å². The molecule has 3 nitrogen and oxygen atoms in total. The van der Waals surface area contributed by atoms with Crippen molar-refractivity contribution in [1.82, 2.24) is 10.6 Å². The van der Waals surface area contributed by atoms with Crippen LogP contribution < -0.4 is 10.6 Å². The predicted molar refractivity (Wildman–Crippen MR) is 63.1 cm³/mol. The molecule has 0 bridgehead atoms. The Hall–Kier alpha value is -0.780. The number of carbonyl (C=O) groups excluding carboxylic acids is 1. The summed E-state index contributed by atoms with van der Waals surface area (Å²) in [7, 11) is 0. The zero-order valence-corrected chi connectivity index (χ0v) is 10.8. The summed E-state index contributed by atoms with van der Waals surface area (Å²) in [6, 6.07) is -0.156. The SMILES string of the molecule is CC(C)NC(=O)CNC1CCCC(C(F)(F)F)C1. The quantitative estimate of drug-likeness (QED) is 0.819. The topological polar surface area (TPSA) is 41.1 Å². The number of hydrogen-bond acceptors (Lipinski definition) is 2. The second-order valence-corrected chi connectivity index (χ2v) is 5.21. The second-order valence-electron chi connectivity index (χ2n) is 5.21. The van der Waals surface area contributed by atoms with Crippen molar-refractivity contribution >= 4 is 5.91 Å². The number of amides is 1. The van der Waals surface area contributed by atoms with Crippen LogP contribution in [-0.4, -0.2) is 30.7 Å². The zero-order valence-electron chi connectivity index (χ0n) is 10.8. The van der Waals surface area contributed by atoms with Crippen LogP contribution in [0.1, 0.15) is 39.5 Å². The molecule has 1 rings (SSSR count). The predicted octanol–water partition coefficient (Wildman–Crippen LogP) is 2.22. The van der Waals surface area contributed by atoms with E-state index in [0.29, 0.717) is 12.8 Å². The van der Waals surface area contributed by atoms with E-state index >= 15 is 0 Å². The monoisotopic (exact) mass is 266 g/mol. The number of hydrogen-bond donors (Lipinski definition) is 2. The minimum absolute atomic E-state index is 0.0496. The summed E-state index contributed by atoms with van der Waals surface area (Å²) in [6.45, 7) is 3.78. The summed E-state index contributed by atoms with van der Waals surface area (Å²) in [5.41, 5.74) is 0. The Balaban J connectivity index is 2.32. The van der Waals surface area contributed by atoms with Crippen molar-refractivity contribution < 1.29 is 18.0 Å². The molecule has 0 radical (unpaired) electrons. The molecule has 1 fully saturated rings. The highest BCUT2D eigenvalue weighted by molar-refractivity contribution is 5.78. The van der Waals surface area contributed by atoms with E-state index in [4.69, 9.17) is 0 Å². The summed E-state index contributed by atoms with van der Waals surface area (Å²) in [4.78, 5) is 11.4. The van der Waals surface area contributed by atoms with Crippen LogP contribution in [0.5, 0.6) is 0 Å². The van der Waals surface area contributed by atoms with Gasteiger partial charge in [-0.1, -0.05) is 6.42 Å². The van der Waals surface area contributed by atoms with Gasteiger partial charge in [0.1, 0.15) is 0 Å². The Morgan fingerprint density at radius 2 is 2.00 bits per heavy atom. The first-order chi connectivity index (χ1) is 8.29. The molecule has 2 atom stereocenters. The van der Waals surface area contributed by atoms with Crippen LogP contribution in [0.4, 0.5) is 13.2 Å². The molecular weight excluding hydrogens is 245 g/mol. The van der Waals surface area contributed by atoms with Gasteiger partial charge in [0.15, 0.2) is 0 Å². The minimum atomic E-state index is -4.11. The van der Waals surface area contributed by atoms with Gasteiger partial charge in [0.05, 0.1) is 12.5 Å². The molecule has 1 aliphatic carbocycles. The highest BCUT2D eigenvalue weighted by Gasteiger charge is 2.42. The number of rotatable bonds is 4. The maximum atomic E-state index is 12.6. The summed E-state index contributed by atoms with van der Waals surface area (Å²) < 4.78 is 37.7. The maximum Gasteiger partial charge on any atom is 0.391 e. The molecule has 1 saturated carbocycles. The van der Waals surface area contributed by atoms with Crippen LogP contribution in [0.3, 0.4) is 0 Å². The summed E-state index contributed by atoms with van der Waals surface area (Å²) in [5, 5.41) is 5.62. The Bertz CT molecular complexity index is 279. The van der Waals surface area contributed by atoms with Gasteiger partial charge in [0, 0.05) is 12.1 Å². The van der Waals surface area contributed by atoms with Crippen molar-refractivity contribution in [3.8, 4) is 0 Å². The third kappa shape index (κ3) is 5.25. The van der Waals surface area contributed by atoms with Crippen molar-refractivity contribution in [3.05, 3.63) is 0 Å². The van der Waals surface area contributed by atoms with E-state index in [9.17, 15) is 18.0 Å². The summed E-state index contributed by atoms with van der Waals surface area (Å²) in [5.74, 6) is -1.39. The van der Waals surface area contributed by atoms with Crippen LogP contribution in [0.2, 0.25) is 0 Å². The van der Waals surface area contributed by atoms with Gasteiger partial charge in [-0.15, -0.1) is 0 Å². The van der Waals surface area contributed by atoms with Gasteiger partial charge in [0.25, 0.3) is 0 Å². The third-order valence-electron chi connectivity index (χ3n) is 3.14. The molecule has 1 amide bonds. The fourth-order valence-electron chi connectivity index (χ4n) is 2.28. The summed E-state index contributed by atoms with van der Waals surface area (Å²) >= 11 is 0. The normalized spacial score (nSPS) is 25.2. The highest BCUT2D eigenvalue weighted by Crippen LogP contribution is 2.37. The van der Waals surface area contributed by atoms with Crippen LogP contribution >= 0.6 is 0 Å². The average molecular weight is 266 g/mol. The summed E-state index contributed by atoms with van der Waals surface area (Å²) in [6.07, 6.45) is -2.55. The van der Waals surface area contributed by atoms with E-state index in [1.165, 1.54) is 0 Å². The van der Waals surface area contributed by atoms with E-state index in [-0.39, 0.29) is 37.4 Å². The highest BCUT2D eigenvalue weighted by atomic mass is 19.4. The molecule has 0 aromatic heterocycles. The van der Waals surface area contributed by atoms with Crippen molar-refractivity contribution in [3.63, 3.8) is 0 Å². The fourth-order valence-corrected chi connectivity index (χ4v) is 2.28. The van der Waals surface area contributed by atoms with Crippen molar-refractivity contribution in [2.75, 3.05) is 6.54 Å². The van der Waals surface area contributed by atoms with Gasteiger partial charge in [-0.2, -0.15) is 13.2 Å².